The first kappa shape index (κ1) is 19.1. The number of furan rings is 1. The maximum atomic E-state index is 12.6. The van der Waals surface area contributed by atoms with E-state index in [9.17, 15) is 9.59 Å². The number of rotatable bonds is 4. The van der Waals surface area contributed by atoms with Gasteiger partial charge in [-0.05, 0) is 41.8 Å². The van der Waals surface area contributed by atoms with Crippen molar-refractivity contribution in [3.63, 3.8) is 0 Å². The van der Waals surface area contributed by atoms with Crippen molar-refractivity contribution in [2.24, 2.45) is 0 Å². The third-order valence-corrected chi connectivity index (χ3v) is 5.78. The highest BCUT2D eigenvalue weighted by atomic mass is 16.5. The van der Waals surface area contributed by atoms with Crippen LogP contribution in [-0.4, -0.2) is 5.97 Å². The minimum Gasteiger partial charge on any atom is -0.464 e. The van der Waals surface area contributed by atoms with Crippen molar-refractivity contribution in [2.75, 3.05) is 0 Å². The standard InChI is InChI=1S/C26H20O5/c1-15-7-9-21-18(11-24(28)31-26(21)16(15)2)13-30-23(27)12-19-14-29-22-10-8-17-5-3-4-6-20(17)25(19)22/h3-11,14H,12-13H2,1-2H3. The van der Waals surface area contributed by atoms with E-state index in [0.29, 0.717) is 11.1 Å². The van der Waals surface area contributed by atoms with Gasteiger partial charge in [-0.15, -0.1) is 0 Å². The van der Waals surface area contributed by atoms with E-state index >= 15 is 0 Å². The van der Waals surface area contributed by atoms with E-state index in [1.807, 2.05) is 62.4 Å². The van der Waals surface area contributed by atoms with Crippen molar-refractivity contribution in [1.29, 1.82) is 0 Å². The number of fused-ring (bicyclic) bond motifs is 4. The molecule has 0 atom stereocenters. The Balaban J connectivity index is 1.42. The lowest BCUT2D eigenvalue weighted by molar-refractivity contribution is -0.144. The molecule has 0 N–H and O–H groups in total. The maximum Gasteiger partial charge on any atom is 0.336 e. The van der Waals surface area contributed by atoms with Crippen molar-refractivity contribution in [3.8, 4) is 0 Å². The fourth-order valence-corrected chi connectivity index (χ4v) is 4.01. The fourth-order valence-electron chi connectivity index (χ4n) is 4.01. The van der Waals surface area contributed by atoms with Gasteiger partial charge in [0.25, 0.3) is 0 Å². The number of esters is 1. The summed E-state index contributed by atoms with van der Waals surface area (Å²) in [7, 11) is 0. The van der Waals surface area contributed by atoms with Gasteiger partial charge in [-0.3, -0.25) is 4.79 Å². The Hall–Kier alpha value is -3.86. The summed E-state index contributed by atoms with van der Waals surface area (Å²) in [6.07, 6.45) is 1.69. The molecule has 0 fully saturated rings. The summed E-state index contributed by atoms with van der Waals surface area (Å²) >= 11 is 0. The zero-order valence-corrected chi connectivity index (χ0v) is 17.2. The SMILES string of the molecule is Cc1ccc2c(COC(=O)Cc3coc4ccc5ccccc5c34)cc(=O)oc2c1C. The summed E-state index contributed by atoms with van der Waals surface area (Å²) in [6.45, 7) is 3.87. The molecule has 154 valence electrons. The zero-order chi connectivity index (χ0) is 21.5. The second kappa shape index (κ2) is 7.43. The lowest BCUT2D eigenvalue weighted by atomic mass is 10.0. The van der Waals surface area contributed by atoms with E-state index in [1.165, 1.54) is 6.07 Å². The Bertz CT molecular complexity index is 1520. The molecule has 0 aliphatic rings. The van der Waals surface area contributed by atoms with Crippen LogP contribution in [0, 0.1) is 13.8 Å². The summed E-state index contributed by atoms with van der Waals surface area (Å²) in [5, 5.41) is 3.82. The minimum absolute atomic E-state index is 0.0000338. The molecule has 5 heteroatoms. The van der Waals surface area contributed by atoms with Crippen molar-refractivity contribution < 1.29 is 18.4 Å². The summed E-state index contributed by atoms with van der Waals surface area (Å²) < 4.78 is 16.6. The quantitative estimate of drug-likeness (QED) is 0.284. The highest BCUT2D eigenvalue weighted by Gasteiger charge is 2.16. The van der Waals surface area contributed by atoms with Crippen LogP contribution in [0.5, 0.6) is 0 Å². The number of benzene rings is 3. The number of carbonyl (C=O) groups excluding carboxylic acids is 1. The molecule has 0 aliphatic heterocycles. The Morgan fingerprint density at radius 3 is 2.68 bits per heavy atom. The van der Waals surface area contributed by atoms with Gasteiger partial charge in [0.05, 0.1) is 12.7 Å². The molecule has 31 heavy (non-hydrogen) atoms. The molecular formula is C26H20O5. The monoisotopic (exact) mass is 412 g/mol. The summed E-state index contributed by atoms with van der Waals surface area (Å²) in [4.78, 5) is 24.7. The molecule has 0 bridgehead atoms. The highest BCUT2D eigenvalue weighted by Crippen LogP contribution is 2.30. The molecule has 0 amide bonds. The molecule has 0 spiro atoms. The van der Waals surface area contributed by atoms with Crippen molar-refractivity contribution >= 4 is 38.7 Å². The van der Waals surface area contributed by atoms with Crippen molar-refractivity contribution in [3.05, 3.63) is 93.5 Å². The molecule has 0 unspecified atom stereocenters. The average molecular weight is 412 g/mol. The number of carbonyl (C=O) groups is 1. The number of aryl methyl sites for hydroxylation is 2. The summed E-state index contributed by atoms with van der Waals surface area (Å²) in [5.74, 6) is -0.388. The lowest BCUT2D eigenvalue weighted by Gasteiger charge is -2.10. The van der Waals surface area contributed by atoms with Gasteiger partial charge in [0.15, 0.2) is 0 Å². The highest BCUT2D eigenvalue weighted by molar-refractivity contribution is 6.08. The van der Waals surface area contributed by atoms with Gasteiger partial charge < -0.3 is 13.6 Å². The molecule has 2 heterocycles. The predicted molar refractivity (Wildman–Crippen MR) is 119 cm³/mol. The Morgan fingerprint density at radius 2 is 1.81 bits per heavy atom. The lowest BCUT2D eigenvalue weighted by Crippen LogP contribution is -2.10. The Kier molecular flexibility index (Phi) is 4.59. The molecule has 2 aromatic heterocycles. The van der Waals surface area contributed by atoms with Gasteiger partial charge in [0, 0.05) is 28.0 Å². The van der Waals surface area contributed by atoms with Gasteiger partial charge in [-0.25, -0.2) is 4.79 Å². The fraction of sp³-hybridized carbons (Fsp3) is 0.154. The molecule has 5 nitrogen and oxygen atoms in total. The zero-order valence-electron chi connectivity index (χ0n) is 17.2. The van der Waals surface area contributed by atoms with E-state index in [0.717, 1.165) is 43.8 Å². The molecule has 0 radical (unpaired) electrons. The molecule has 5 aromatic rings. The van der Waals surface area contributed by atoms with Crippen LogP contribution in [0.1, 0.15) is 22.3 Å². The number of hydrogen-bond acceptors (Lipinski definition) is 5. The van der Waals surface area contributed by atoms with Crippen LogP contribution in [0.2, 0.25) is 0 Å². The predicted octanol–water partition coefficient (Wildman–Crippen LogP) is 5.60. The van der Waals surface area contributed by atoms with E-state index in [-0.39, 0.29) is 19.0 Å². The van der Waals surface area contributed by atoms with Crippen LogP contribution in [0.3, 0.4) is 0 Å². The smallest absolute Gasteiger partial charge is 0.336 e. The molecular weight excluding hydrogens is 392 g/mol. The first-order chi connectivity index (χ1) is 15.0. The van der Waals surface area contributed by atoms with Crippen LogP contribution >= 0.6 is 0 Å². The van der Waals surface area contributed by atoms with Gasteiger partial charge in [0.2, 0.25) is 0 Å². The van der Waals surface area contributed by atoms with Gasteiger partial charge in [0.1, 0.15) is 17.8 Å². The Morgan fingerprint density at radius 1 is 0.968 bits per heavy atom. The normalized spacial score (nSPS) is 11.4. The van der Waals surface area contributed by atoms with E-state index in [1.54, 1.807) is 6.26 Å². The molecule has 0 saturated heterocycles. The summed E-state index contributed by atoms with van der Waals surface area (Å²) in [5.41, 5.74) is 4.15. The number of hydrogen-bond donors (Lipinski definition) is 0. The molecule has 0 aliphatic carbocycles. The Labute approximate surface area is 177 Å². The molecule has 0 saturated carbocycles. The van der Waals surface area contributed by atoms with Gasteiger partial charge in [-0.2, -0.15) is 0 Å². The first-order valence-corrected chi connectivity index (χ1v) is 10.1. The van der Waals surface area contributed by atoms with Crippen LogP contribution in [0.15, 0.2) is 74.5 Å². The molecule has 3 aromatic carbocycles. The van der Waals surface area contributed by atoms with Crippen LogP contribution < -0.4 is 5.63 Å². The van der Waals surface area contributed by atoms with Gasteiger partial charge >= 0.3 is 11.6 Å². The second-order valence-electron chi connectivity index (χ2n) is 7.73. The van der Waals surface area contributed by atoms with Crippen LogP contribution in [-0.2, 0) is 22.6 Å². The minimum atomic E-state index is -0.459. The van der Waals surface area contributed by atoms with Crippen LogP contribution in [0.25, 0.3) is 32.7 Å². The second-order valence-corrected chi connectivity index (χ2v) is 7.73. The summed E-state index contributed by atoms with van der Waals surface area (Å²) in [6, 6.07) is 17.1. The third kappa shape index (κ3) is 3.38. The average Bonchev–Trinajstić information content (AvgIpc) is 3.18. The number of ether oxygens (including phenoxy) is 1. The van der Waals surface area contributed by atoms with E-state index in [4.69, 9.17) is 13.6 Å². The van der Waals surface area contributed by atoms with Crippen LogP contribution in [0.4, 0.5) is 0 Å². The van der Waals surface area contributed by atoms with Crippen molar-refractivity contribution in [1.82, 2.24) is 0 Å². The van der Waals surface area contributed by atoms with Gasteiger partial charge in [-0.1, -0.05) is 42.5 Å². The van der Waals surface area contributed by atoms with Crippen molar-refractivity contribution in [2.45, 2.75) is 26.9 Å². The van der Waals surface area contributed by atoms with E-state index < -0.39 is 5.63 Å². The third-order valence-electron chi connectivity index (χ3n) is 5.78. The largest absolute Gasteiger partial charge is 0.464 e. The topological polar surface area (TPSA) is 69.7 Å². The van der Waals surface area contributed by atoms with E-state index in [2.05, 4.69) is 0 Å². The maximum absolute atomic E-state index is 12.6. The first-order valence-electron chi connectivity index (χ1n) is 10.1. The molecule has 5 rings (SSSR count).